The van der Waals surface area contributed by atoms with Crippen LogP contribution in [0.2, 0.25) is 0 Å². The molecule has 0 heterocycles. The Morgan fingerprint density at radius 2 is 0.667 bits per heavy atom. The Morgan fingerprint density at radius 3 is 1.00 bits per heavy atom. The molecule has 0 saturated carbocycles. The molecule has 0 aromatic rings. The number of rotatable bonds is 44. The lowest BCUT2D eigenvalue weighted by atomic mass is 9.94. The van der Waals surface area contributed by atoms with Crippen molar-refractivity contribution in [2.24, 2.45) is 11.8 Å². The molecule has 0 bridgehead atoms. The first-order valence-electron chi connectivity index (χ1n) is 24.2. The highest BCUT2D eigenvalue weighted by Gasteiger charge is 2.20. The van der Waals surface area contributed by atoms with Crippen molar-refractivity contribution in [1.29, 1.82) is 0 Å². The van der Waals surface area contributed by atoms with Crippen LogP contribution in [0.5, 0.6) is 0 Å². The molecular weight excluding hydrogens is 671 g/mol. The molecule has 322 valence electrons. The van der Waals surface area contributed by atoms with Crippen LogP contribution in [0.3, 0.4) is 0 Å². The Hall–Kier alpha value is -1.14. The third-order valence-electron chi connectivity index (χ3n) is 11.4. The van der Waals surface area contributed by atoms with Crippen molar-refractivity contribution in [3.05, 3.63) is 0 Å². The van der Waals surface area contributed by atoms with E-state index in [0.29, 0.717) is 13.2 Å². The van der Waals surface area contributed by atoms with Gasteiger partial charge < -0.3 is 19.5 Å². The van der Waals surface area contributed by atoms with E-state index in [9.17, 15) is 14.7 Å². The first kappa shape index (κ1) is 52.9. The molecule has 0 aliphatic rings. The molecule has 0 fully saturated rings. The summed E-state index contributed by atoms with van der Waals surface area (Å²) in [7, 11) is 0. The fourth-order valence-electron chi connectivity index (χ4n) is 7.73. The van der Waals surface area contributed by atoms with Gasteiger partial charge in [-0.3, -0.25) is 9.59 Å². The Morgan fingerprint density at radius 1 is 0.389 bits per heavy atom. The van der Waals surface area contributed by atoms with Gasteiger partial charge in [0.15, 0.2) is 0 Å². The summed E-state index contributed by atoms with van der Waals surface area (Å²) in [6.45, 7) is 13.2. The second kappa shape index (κ2) is 43.0. The number of carbonyl (C=O) groups excluding carboxylic acids is 2. The minimum absolute atomic E-state index is 0.0494. The lowest BCUT2D eigenvalue weighted by Gasteiger charge is -2.21. The molecular formula is C48H95NO5. The van der Waals surface area contributed by atoms with Crippen LogP contribution in [0.15, 0.2) is 0 Å². The maximum absolute atomic E-state index is 12.9. The van der Waals surface area contributed by atoms with Gasteiger partial charge in [0.1, 0.15) is 0 Å². The van der Waals surface area contributed by atoms with E-state index in [1.165, 1.54) is 128 Å². The summed E-state index contributed by atoms with van der Waals surface area (Å²) in [6, 6.07) is 0. The third-order valence-corrected chi connectivity index (χ3v) is 11.4. The van der Waals surface area contributed by atoms with Crippen LogP contribution in [0.4, 0.5) is 0 Å². The van der Waals surface area contributed by atoms with Crippen molar-refractivity contribution >= 4 is 11.9 Å². The minimum Gasteiger partial charge on any atom is -0.465 e. The molecule has 1 N–H and O–H groups in total. The van der Waals surface area contributed by atoms with Gasteiger partial charge in [0.2, 0.25) is 0 Å². The van der Waals surface area contributed by atoms with E-state index >= 15 is 0 Å². The van der Waals surface area contributed by atoms with Gasteiger partial charge in [-0.25, -0.2) is 0 Å². The van der Waals surface area contributed by atoms with Gasteiger partial charge in [0, 0.05) is 6.54 Å². The fraction of sp³-hybridized carbons (Fsp3) is 0.958. The largest absolute Gasteiger partial charge is 0.465 e. The molecule has 0 aromatic heterocycles. The molecule has 6 nitrogen and oxygen atoms in total. The molecule has 0 saturated heterocycles. The van der Waals surface area contributed by atoms with Crippen molar-refractivity contribution in [3.8, 4) is 0 Å². The van der Waals surface area contributed by atoms with E-state index in [1.54, 1.807) is 0 Å². The van der Waals surface area contributed by atoms with Gasteiger partial charge >= 0.3 is 11.9 Å². The monoisotopic (exact) mass is 766 g/mol. The smallest absolute Gasteiger partial charge is 0.308 e. The Balaban J connectivity index is 4.12. The lowest BCUT2D eigenvalue weighted by Crippen LogP contribution is -2.29. The highest BCUT2D eigenvalue weighted by atomic mass is 16.5. The number of nitrogens with zero attached hydrogens (tertiary/aromatic N) is 1. The molecule has 6 heteroatoms. The molecule has 0 amide bonds. The molecule has 0 spiro atoms. The number of esters is 2. The van der Waals surface area contributed by atoms with Crippen molar-refractivity contribution < 1.29 is 24.2 Å². The van der Waals surface area contributed by atoms with Crippen LogP contribution in [-0.4, -0.2) is 61.4 Å². The number of hydrogen-bond acceptors (Lipinski definition) is 6. The van der Waals surface area contributed by atoms with Gasteiger partial charge in [-0.2, -0.15) is 0 Å². The number of aliphatic hydroxyl groups excluding tert-OH is 1. The van der Waals surface area contributed by atoms with Gasteiger partial charge in [0.25, 0.3) is 0 Å². The molecule has 0 aliphatic heterocycles. The van der Waals surface area contributed by atoms with Crippen molar-refractivity contribution in [2.45, 2.75) is 246 Å². The van der Waals surface area contributed by atoms with Gasteiger partial charge in [-0.15, -0.1) is 0 Å². The Bertz CT molecular complexity index is 776. The van der Waals surface area contributed by atoms with Crippen molar-refractivity contribution in [2.75, 3.05) is 39.5 Å². The van der Waals surface area contributed by atoms with Crippen molar-refractivity contribution in [3.63, 3.8) is 0 Å². The average Bonchev–Trinajstić information content (AvgIpc) is 3.17. The van der Waals surface area contributed by atoms with E-state index in [-0.39, 0.29) is 30.4 Å². The van der Waals surface area contributed by atoms with E-state index in [2.05, 4.69) is 32.6 Å². The summed E-state index contributed by atoms with van der Waals surface area (Å²) in [5, 5.41) is 9.61. The zero-order valence-corrected chi connectivity index (χ0v) is 37.0. The van der Waals surface area contributed by atoms with Crippen LogP contribution in [0, 0.1) is 11.8 Å². The van der Waals surface area contributed by atoms with Crippen molar-refractivity contribution in [1.82, 2.24) is 4.90 Å². The number of unbranched alkanes of at least 4 members (excludes halogenated alkanes) is 24. The van der Waals surface area contributed by atoms with Gasteiger partial charge in [0.05, 0.1) is 31.7 Å². The van der Waals surface area contributed by atoms with E-state index in [4.69, 9.17) is 9.47 Å². The zero-order valence-electron chi connectivity index (χ0n) is 37.0. The molecule has 0 radical (unpaired) electrons. The predicted octanol–water partition coefficient (Wildman–Crippen LogP) is 13.9. The summed E-state index contributed by atoms with van der Waals surface area (Å²) >= 11 is 0. The number of hydrogen-bond donors (Lipinski definition) is 1. The molecule has 2 atom stereocenters. The zero-order chi connectivity index (χ0) is 39.6. The van der Waals surface area contributed by atoms with Gasteiger partial charge in [-0.05, 0) is 64.5 Å². The molecule has 2 unspecified atom stereocenters. The second-order valence-corrected chi connectivity index (χ2v) is 16.6. The van der Waals surface area contributed by atoms with Crippen LogP contribution < -0.4 is 0 Å². The predicted molar refractivity (Wildman–Crippen MR) is 232 cm³/mol. The van der Waals surface area contributed by atoms with E-state index in [1.807, 2.05) is 0 Å². The summed E-state index contributed by atoms with van der Waals surface area (Å²) in [5.41, 5.74) is 0. The highest BCUT2D eigenvalue weighted by Crippen LogP contribution is 2.22. The van der Waals surface area contributed by atoms with E-state index < -0.39 is 0 Å². The van der Waals surface area contributed by atoms with Crippen LogP contribution in [-0.2, 0) is 19.1 Å². The fourth-order valence-corrected chi connectivity index (χ4v) is 7.73. The normalized spacial score (nSPS) is 12.7. The first-order valence-corrected chi connectivity index (χ1v) is 24.2. The Kier molecular flexibility index (Phi) is 42.1. The number of aliphatic hydroxyl groups is 1. The van der Waals surface area contributed by atoms with E-state index in [0.717, 1.165) is 110 Å². The standard InChI is InChI=1S/C48H95NO5/c1-5-9-13-17-21-29-37-45(35-27-15-11-7-3)47(51)53-43-33-25-20-19-23-31-39-49(41-42-50)40-32-24-26-34-44-54-48(52)46(36-28-16-12-8-4)38-30-22-18-14-10-6-2/h45-46,50H,5-44H2,1-4H3. The summed E-state index contributed by atoms with van der Waals surface area (Å²) in [6.07, 6.45) is 40.1. The molecule has 0 aromatic carbocycles. The maximum Gasteiger partial charge on any atom is 0.308 e. The number of ether oxygens (including phenoxy) is 2. The van der Waals surface area contributed by atoms with Crippen LogP contribution in [0.1, 0.15) is 246 Å². The topological polar surface area (TPSA) is 76.1 Å². The average molecular weight is 766 g/mol. The SMILES string of the molecule is CCCCCCCCC(CCCCCC)C(=O)OCCCCCCCCN(CCO)CCCCCCOC(=O)C(CCCCCC)CCCCCCCC. The Labute approximate surface area is 337 Å². The summed E-state index contributed by atoms with van der Waals surface area (Å²) in [5.74, 6) is 0.297. The number of carbonyl (C=O) groups is 2. The van der Waals surface area contributed by atoms with Gasteiger partial charge in [-0.1, -0.05) is 195 Å². The first-order chi connectivity index (χ1) is 26.5. The van der Waals surface area contributed by atoms with Crippen LogP contribution in [0.25, 0.3) is 0 Å². The molecule has 54 heavy (non-hydrogen) atoms. The van der Waals surface area contributed by atoms with Crippen LogP contribution >= 0.6 is 0 Å². The third kappa shape index (κ3) is 35.3. The summed E-state index contributed by atoms with van der Waals surface area (Å²) in [4.78, 5) is 28.2. The summed E-state index contributed by atoms with van der Waals surface area (Å²) < 4.78 is 11.6. The minimum atomic E-state index is 0.0494. The maximum atomic E-state index is 12.9. The quantitative estimate of drug-likeness (QED) is 0.0492. The molecule has 0 rings (SSSR count). The lowest BCUT2D eigenvalue weighted by molar-refractivity contribution is -0.150. The highest BCUT2D eigenvalue weighted by molar-refractivity contribution is 5.72. The molecule has 0 aliphatic carbocycles. The second-order valence-electron chi connectivity index (χ2n) is 16.6.